The molecule has 0 unspecified atom stereocenters. The third-order valence-corrected chi connectivity index (χ3v) is 5.34. The van der Waals surface area contributed by atoms with Gasteiger partial charge in [-0.2, -0.15) is 0 Å². The minimum atomic E-state index is -3.25. The third kappa shape index (κ3) is 4.65. The van der Waals surface area contributed by atoms with E-state index in [0.29, 0.717) is 18.4 Å². The number of hydrogen-bond donors (Lipinski definition) is 2. The fourth-order valence-electron chi connectivity index (χ4n) is 2.65. The first-order valence-electron chi connectivity index (χ1n) is 7.93. The minimum Gasteiger partial charge on any atom is -0.322 e. The van der Waals surface area contributed by atoms with Crippen LogP contribution in [0, 0.1) is 13.8 Å². The molecule has 0 bridgehead atoms. The van der Waals surface area contributed by atoms with Crippen molar-refractivity contribution in [1.29, 1.82) is 0 Å². The first-order chi connectivity index (χ1) is 10.8. The van der Waals surface area contributed by atoms with Crippen LogP contribution < -0.4 is 10.3 Å². The minimum absolute atomic E-state index is 0.135. The molecule has 0 aliphatic heterocycles. The summed E-state index contributed by atoms with van der Waals surface area (Å²) >= 11 is 0. The monoisotopic (exact) mass is 336 g/mol. The molecule has 0 saturated carbocycles. The maximum atomic E-state index is 12.2. The summed E-state index contributed by atoms with van der Waals surface area (Å²) < 4.78 is 26.1. The lowest BCUT2D eigenvalue weighted by molar-refractivity contribution is 0.578. The van der Waals surface area contributed by atoms with Crippen molar-refractivity contribution in [3.05, 3.63) is 45.2 Å². The van der Waals surface area contributed by atoms with Gasteiger partial charge in [0.2, 0.25) is 10.0 Å². The Hall–Kier alpha value is -1.66. The van der Waals surface area contributed by atoms with Gasteiger partial charge in [-0.15, -0.1) is 0 Å². The van der Waals surface area contributed by atoms with Crippen LogP contribution in [0.3, 0.4) is 0 Å². The smallest absolute Gasteiger partial charge is 0.251 e. The standard InChI is InChI=1S/C17H24N2O3S/c1-4-5-8-23(21,22)18-7-6-14-11-15-13(3)9-12(2)10-16(15)19-17(14)20/h9-11,18H,4-8H2,1-3H3,(H,19,20). The van der Waals surface area contributed by atoms with Gasteiger partial charge in [0, 0.05) is 23.0 Å². The van der Waals surface area contributed by atoms with Gasteiger partial charge in [0.05, 0.1) is 5.75 Å². The van der Waals surface area contributed by atoms with E-state index in [4.69, 9.17) is 0 Å². The number of aryl methyl sites for hydroxylation is 2. The van der Waals surface area contributed by atoms with Crippen LogP contribution in [0.5, 0.6) is 0 Å². The molecule has 0 aliphatic carbocycles. The molecular formula is C17H24N2O3S. The number of aromatic nitrogens is 1. The normalized spacial score (nSPS) is 12.0. The van der Waals surface area contributed by atoms with Crippen molar-refractivity contribution in [2.75, 3.05) is 12.3 Å². The quantitative estimate of drug-likeness (QED) is 0.815. The Balaban J connectivity index is 2.15. The van der Waals surface area contributed by atoms with E-state index >= 15 is 0 Å². The molecule has 0 fully saturated rings. The Morgan fingerprint density at radius 1 is 1.17 bits per heavy atom. The van der Waals surface area contributed by atoms with Crippen LogP contribution in [0.15, 0.2) is 23.0 Å². The predicted molar refractivity (Wildman–Crippen MR) is 94.4 cm³/mol. The van der Waals surface area contributed by atoms with Crippen molar-refractivity contribution in [3.8, 4) is 0 Å². The highest BCUT2D eigenvalue weighted by molar-refractivity contribution is 7.89. The SMILES string of the molecule is CCCCS(=O)(=O)NCCc1cc2c(C)cc(C)cc2[nH]c1=O. The number of aromatic amines is 1. The van der Waals surface area contributed by atoms with Crippen LogP contribution in [0.4, 0.5) is 0 Å². The fraction of sp³-hybridized carbons (Fsp3) is 0.471. The zero-order chi connectivity index (χ0) is 17.0. The highest BCUT2D eigenvalue weighted by Gasteiger charge is 2.10. The molecule has 0 aliphatic rings. The first-order valence-corrected chi connectivity index (χ1v) is 9.58. The van der Waals surface area contributed by atoms with Gasteiger partial charge < -0.3 is 4.98 Å². The highest BCUT2D eigenvalue weighted by atomic mass is 32.2. The van der Waals surface area contributed by atoms with Gasteiger partial charge in [0.25, 0.3) is 5.56 Å². The van der Waals surface area contributed by atoms with E-state index in [1.807, 2.05) is 32.9 Å². The Morgan fingerprint density at radius 3 is 2.61 bits per heavy atom. The van der Waals surface area contributed by atoms with Crippen molar-refractivity contribution in [2.24, 2.45) is 0 Å². The van der Waals surface area contributed by atoms with Gasteiger partial charge in [0.1, 0.15) is 0 Å². The molecule has 0 saturated heterocycles. The van der Waals surface area contributed by atoms with Gasteiger partial charge in [-0.3, -0.25) is 4.79 Å². The van der Waals surface area contributed by atoms with Gasteiger partial charge in [-0.25, -0.2) is 13.1 Å². The van der Waals surface area contributed by atoms with Crippen LogP contribution in [-0.4, -0.2) is 25.7 Å². The summed E-state index contributed by atoms with van der Waals surface area (Å²) in [5, 5.41) is 0.999. The molecular weight excluding hydrogens is 312 g/mol. The van der Waals surface area contributed by atoms with Crippen LogP contribution in [0.25, 0.3) is 10.9 Å². The largest absolute Gasteiger partial charge is 0.322 e. The van der Waals surface area contributed by atoms with Crippen molar-refractivity contribution < 1.29 is 8.42 Å². The molecule has 126 valence electrons. The number of benzene rings is 1. The van der Waals surface area contributed by atoms with Gasteiger partial charge >= 0.3 is 0 Å². The Bertz CT molecular complexity index is 854. The second-order valence-electron chi connectivity index (χ2n) is 5.98. The second-order valence-corrected chi connectivity index (χ2v) is 7.91. The van der Waals surface area contributed by atoms with Gasteiger partial charge in [-0.1, -0.05) is 19.4 Å². The molecule has 6 heteroatoms. The van der Waals surface area contributed by atoms with Crippen LogP contribution in [0.1, 0.15) is 36.5 Å². The van der Waals surface area contributed by atoms with E-state index < -0.39 is 10.0 Å². The van der Waals surface area contributed by atoms with Crippen molar-refractivity contribution in [2.45, 2.75) is 40.0 Å². The molecule has 0 amide bonds. The summed E-state index contributed by atoms with van der Waals surface area (Å²) in [7, 11) is -3.25. The lowest BCUT2D eigenvalue weighted by Gasteiger charge is -2.08. The van der Waals surface area contributed by atoms with Gasteiger partial charge in [-0.05, 0) is 49.9 Å². The molecule has 0 atom stereocenters. The van der Waals surface area contributed by atoms with E-state index in [2.05, 4.69) is 15.8 Å². The van der Waals surface area contributed by atoms with Crippen molar-refractivity contribution >= 4 is 20.9 Å². The average molecular weight is 336 g/mol. The van der Waals surface area contributed by atoms with E-state index in [0.717, 1.165) is 28.5 Å². The molecule has 23 heavy (non-hydrogen) atoms. The number of hydrogen-bond acceptors (Lipinski definition) is 3. The van der Waals surface area contributed by atoms with Gasteiger partial charge in [0.15, 0.2) is 0 Å². The molecule has 0 radical (unpaired) electrons. The summed E-state index contributed by atoms with van der Waals surface area (Å²) in [5.74, 6) is 0.135. The highest BCUT2D eigenvalue weighted by Crippen LogP contribution is 2.18. The zero-order valence-corrected chi connectivity index (χ0v) is 14.7. The summed E-state index contributed by atoms with van der Waals surface area (Å²) in [6.45, 7) is 6.19. The average Bonchev–Trinajstić information content (AvgIpc) is 2.46. The maximum Gasteiger partial charge on any atom is 0.251 e. The number of unbranched alkanes of at least 4 members (excludes halogenated alkanes) is 1. The number of pyridine rings is 1. The molecule has 2 N–H and O–H groups in total. The third-order valence-electron chi connectivity index (χ3n) is 3.87. The molecule has 0 spiro atoms. The molecule has 1 heterocycles. The van der Waals surface area contributed by atoms with E-state index in [-0.39, 0.29) is 17.9 Å². The lowest BCUT2D eigenvalue weighted by Crippen LogP contribution is -2.29. The molecule has 2 aromatic rings. The Morgan fingerprint density at radius 2 is 1.91 bits per heavy atom. The molecule has 1 aromatic carbocycles. The number of sulfonamides is 1. The van der Waals surface area contributed by atoms with Crippen LogP contribution in [0.2, 0.25) is 0 Å². The van der Waals surface area contributed by atoms with E-state index in [1.165, 1.54) is 0 Å². The second kappa shape index (κ2) is 7.27. The predicted octanol–water partition coefficient (Wildman–Crippen LogP) is 2.41. The zero-order valence-electron chi connectivity index (χ0n) is 13.9. The Kier molecular flexibility index (Phi) is 5.59. The molecule has 2 rings (SSSR count). The maximum absolute atomic E-state index is 12.2. The number of fused-ring (bicyclic) bond motifs is 1. The number of H-pyrrole nitrogens is 1. The van der Waals surface area contributed by atoms with E-state index in [9.17, 15) is 13.2 Å². The Labute approximate surface area is 137 Å². The summed E-state index contributed by atoms with van der Waals surface area (Å²) in [5.41, 5.74) is 3.46. The van der Waals surface area contributed by atoms with E-state index in [1.54, 1.807) is 0 Å². The number of rotatable bonds is 7. The summed E-state index contributed by atoms with van der Waals surface area (Å²) in [6.07, 6.45) is 1.86. The molecule has 5 nitrogen and oxygen atoms in total. The molecule has 1 aromatic heterocycles. The fourth-order valence-corrected chi connectivity index (χ4v) is 3.88. The van der Waals surface area contributed by atoms with Crippen molar-refractivity contribution in [3.63, 3.8) is 0 Å². The van der Waals surface area contributed by atoms with Crippen LogP contribution in [-0.2, 0) is 16.4 Å². The lowest BCUT2D eigenvalue weighted by atomic mass is 10.0. The summed E-state index contributed by atoms with van der Waals surface area (Å²) in [4.78, 5) is 15.0. The first kappa shape index (κ1) is 17.7. The topological polar surface area (TPSA) is 79.0 Å². The van der Waals surface area contributed by atoms with Crippen LogP contribution >= 0.6 is 0 Å². The summed E-state index contributed by atoms with van der Waals surface area (Å²) in [6, 6.07) is 5.88. The number of nitrogens with one attached hydrogen (secondary N) is 2. The van der Waals surface area contributed by atoms with Crippen molar-refractivity contribution in [1.82, 2.24) is 9.71 Å².